The fourth-order valence-corrected chi connectivity index (χ4v) is 2.58. The molecular weight excluding hydrogens is 254 g/mol. The lowest BCUT2D eigenvalue weighted by molar-refractivity contribution is 0.584. The summed E-state index contributed by atoms with van der Waals surface area (Å²) in [6, 6.07) is 4.12. The average molecular weight is 266 g/mol. The number of nitrogens with zero attached hydrogens (tertiary/aromatic N) is 1. The van der Waals surface area contributed by atoms with Crippen LogP contribution in [0.1, 0.15) is 17.7 Å². The fraction of sp³-hybridized carbons (Fsp3) is 0.308. The van der Waals surface area contributed by atoms with Gasteiger partial charge in [-0.3, -0.25) is 0 Å². The molecule has 1 aromatic carbocycles. The summed E-state index contributed by atoms with van der Waals surface area (Å²) >= 11 is 1.47. The molecule has 1 aliphatic rings. The van der Waals surface area contributed by atoms with E-state index in [1.165, 1.54) is 36.3 Å². The van der Waals surface area contributed by atoms with Crippen LogP contribution in [0.5, 0.6) is 0 Å². The van der Waals surface area contributed by atoms with E-state index in [2.05, 4.69) is 10.3 Å². The molecular formula is C13H12F2N2S. The predicted molar refractivity (Wildman–Crippen MR) is 67.3 cm³/mol. The molecule has 1 heterocycles. The molecule has 0 atom stereocenters. The van der Waals surface area contributed by atoms with Gasteiger partial charge in [-0.1, -0.05) is 0 Å². The van der Waals surface area contributed by atoms with E-state index in [1.54, 1.807) is 6.20 Å². The van der Waals surface area contributed by atoms with E-state index in [0.717, 1.165) is 17.5 Å². The van der Waals surface area contributed by atoms with Crippen molar-refractivity contribution in [1.29, 1.82) is 0 Å². The molecule has 0 unspecified atom stereocenters. The maximum Gasteiger partial charge on any atom is 0.126 e. The number of thiazole rings is 1. The van der Waals surface area contributed by atoms with Gasteiger partial charge in [-0.05, 0) is 25.0 Å². The summed E-state index contributed by atoms with van der Waals surface area (Å²) in [6.07, 6.45) is 4.24. The van der Waals surface area contributed by atoms with Crippen molar-refractivity contribution in [3.8, 4) is 10.6 Å². The van der Waals surface area contributed by atoms with Gasteiger partial charge in [0.2, 0.25) is 0 Å². The van der Waals surface area contributed by atoms with Crippen molar-refractivity contribution in [2.24, 2.45) is 0 Å². The Morgan fingerprint density at radius 3 is 2.61 bits per heavy atom. The van der Waals surface area contributed by atoms with Gasteiger partial charge in [0, 0.05) is 35.3 Å². The van der Waals surface area contributed by atoms with Gasteiger partial charge in [-0.15, -0.1) is 11.3 Å². The van der Waals surface area contributed by atoms with Crippen LogP contribution in [0, 0.1) is 11.6 Å². The highest BCUT2D eigenvalue weighted by Crippen LogP contribution is 2.27. The second-order valence-corrected chi connectivity index (χ2v) is 5.56. The van der Waals surface area contributed by atoms with Gasteiger partial charge in [-0.2, -0.15) is 0 Å². The van der Waals surface area contributed by atoms with Crippen LogP contribution in [0.4, 0.5) is 8.78 Å². The highest BCUT2D eigenvalue weighted by atomic mass is 32.1. The van der Waals surface area contributed by atoms with E-state index in [0.29, 0.717) is 16.6 Å². The second kappa shape index (κ2) is 4.74. The monoisotopic (exact) mass is 266 g/mol. The zero-order valence-corrected chi connectivity index (χ0v) is 10.4. The number of rotatable bonds is 4. The third-order valence-electron chi connectivity index (χ3n) is 2.81. The van der Waals surface area contributed by atoms with Crippen molar-refractivity contribution in [3.05, 3.63) is 40.9 Å². The van der Waals surface area contributed by atoms with E-state index in [1.807, 2.05) is 0 Å². The van der Waals surface area contributed by atoms with E-state index < -0.39 is 11.6 Å². The first-order valence-electron chi connectivity index (χ1n) is 5.85. The molecule has 1 aliphatic carbocycles. The molecule has 1 saturated carbocycles. The largest absolute Gasteiger partial charge is 0.309 e. The Hall–Kier alpha value is -1.33. The maximum atomic E-state index is 13.1. The van der Waals surface area contributed by atoms with Crippen molar-refractivity contribution in [1.82, 2.24) is 10.3 Å². The Bertz CT molecular complexity index is 544. The summed E-state index contributed by atoms with van der Waals surface area (Å²) in [4.78, 5) is 5.30. The number of aromatic nitrogens is 1. The standard InChI is InChI=1S/C13H12F2N2S/c14-9-3-8(4-10(15)5-9)13-17-7-12(18-13)6-16-11-1-2-11/h3-5,7,11,16H,1-2,6H2. The summed E-state index contributed by atoms with van der Waals surface area (Å²) in [5.74, 6) is -1.14. The third-order valence-corrected chi connectivity index (χ3v) is 3.85. The molecule has 0 radical (unpaired) electrons. The van der Waals surface area contributed by atoms with Gasteiger partial charge in [0.25, 0.3) is 0 Å². The van der Waals surface area contributed by atoms with E-state index in [-0.39, 0.29) is 0 Å². The molecule has 2 nitrogen and oxygen atoms in total. The van der Waals surface area contributed by atoms with Crippen molar-refractivity contribution in [2.45, 2.75) is 25.4 Å². The molecule has 1 N–H and O–H groups in total. The minimum absolute atomic E-state index is 0.496. The topological polar surface area (TPSA) is 24.9 Å². The first-order valence-corrected chi connectivity index (χ1v) is 6.67. The Kier molecular flexibility index (Phi) is 3.09. The quantitative estimate of drug-likeness (QED) is 0.918. The first-order chi connectivity index (χ1) is 8.70. The normalized spacial score (nSPS) is 15.0. The lowest BCUT2D eigenvalue weighted by atomic mass is 10.2. The highest BCUT2D eigenvalue weighted by Gasteiger charge is 2.20. The molecule has 0 amide bonds. The van der Waals surface area contributed by atoms with Gasteiger partial charge in [0.15, 0.2) is 0 Å². The predicted octanol–water partition coefficient (Wildman–Crippen LogP) is 3.34. The molecule has 0 bridgehead atoms. The molecule has 0 aliphatic heterocycles. The fourth-order valence-electron chi connectivity index (χ4n) is 1.73. The zero-order valence-electron chi connectivity index (χ0n) is 9.62. The van der Waals surface area contributed by atoms with Gasteiger partial charge in [0.05, 0.1) is 0 Å². The molecule has 5 heteroatoms. The molecule has 18 heavy (non-hydrogen) atoms. The van der Waals surface area contributed by atoms with Gasteiger partial charge in [-0.25, -0.2) is 13.8 Å². The van der Waals surface area contributed by atoms with Crippen molar-refractivity contribution < 1.29 is 8.78 Å². The SMILES string of the molecule is Fc1cc(F)cc(-c2ncc(CNC3CC3)s2)c1. The van der Waals surface area contributed by atoms with E-state index in [9.17, 15) is 8.78 Å². The van der Waals surface area contributed by atoms with Gasteiger partial charge >= 0.3 is 0 Å². The van der Waals surface area contributed by atoms with Crippen LogP contribution in [0.2, 0.25) is 0 Å². The zero-order chi connectivity index (χ0) is 12.5. The van der Waals surface area contributed by atoms with Crippen molar-refractivity contribution >= 4 is 11.3 Å². The molecule has 1 fully saturated rings. The van der Waals surface area contributed by atoms with Crippen LogP contribution < -0.4 is 5.32 Å². The number of benzene rings is 1. The van der Waals surface area contributed by atoms with Gasteiger partial charge < -0.3 is 5.32 Å². The molecule has 3 rings (SSSR count). The third kappa shape index (κ3) is 2.73. The number of halogens is 2. The van der Waals surface area contributed by atoms with Crippen molar-refractivity contribution in [3.63, 3.8) is 0 Å². The lowest BCUT2D eigenvalue weighted by Crippen LogP contribution is -2.14. The van der Waals surface area contributed by atoms with Crippen LogP contribution in [-0.4, -0.2) is 11.0 Å². The summed E-state index contributed by atoms with van der Waals surface area (Å²) in [5.41, 5.74) is 0.496. The molecule has 0 saturated heterocycles. The van der Waals surface area contributed by atoms with Crippen LogP contribution in [0.3, 0.4) is 0 Å². The maximum absolute atomic E-state index is 13.1. The summed E-state index contributed by atoms with van der Waals surface area (Å²) < 4.78 is 26.2. The minimum Gasteiger partial charge on any atom is -0.309 e. The van der Waals surface area contributed by atoms with Crippen LogP contribution >= 0.6 is 11.3 Å². The Labute approximate surface area is 108 Å². The average Bonchev–Trinajstić information content (AvgIpc) is 3.02. The Morgan fingerprint density at radius 1 is 1.22 bits per heavy atom. The molecule has 2 aromatic rings. The summed E-state index contributed by atoms with van der Waals surface area (Å²) in [7, 11) is 0. The first kappa shape index (κ1) is 11.7. The van der Waals surface area contributed by atoms with E-state index in [4.69, 9.17) is 0 Å². The van der Waals surface area contributed by atoms with Gasteiger partial charge in [0.1, 0.15) is 16.6 Å². The Morgan fingerprint density at radius 2 is 1.94 bits per heavy atom. The Balaban J connectivity index is 1.78. The van der Waals surface area contributed by atoms with Crippen LogP contribution in [0.25, 0.3) is 10.6 Å². The van der Waals surface area contributed by atoms with Crippen molar-refractivity contribution in [2.75, 3.05) is 0 Å². The number of hydrogen-bond acceptors (Lipinski definition) is 3. The smallest absolute Gasteiger partial charge is 0.126 e. The van der Waals surface area contributed by atoms with Crippen LogP contribution in [-0.2, 0) is 6.54 Å². The number of nitrogens with one attached hydrogen (secondary N) is 1. The van der Waals surface area contributed by atoms with Crippen LogP contribution in [0.15, 0.2) is 24.4 Å². The second-order valence-electron chi connectivity index (χ2n) is 4.45. The number of hydrogen-bond donors (Lipinski definition) is 1. The minimum atomic E-state index is -0.571. The van der Waals surface area contributed by atoms with E-state index >= 15 is 0 Å². The molecule has 1 aromatic heterocycles. The molecule has 94 valence electrons. The molecule has 0 spiro atoms. The highest BCUT2D eigenvalue weighted by molar-refractivity contribution is 7.15. The lowest BCUT2D eigenvalue weighted by Gasteiger charge is -1.98. The summed E-state index contributed by atoms with van der Waals surface area (Å²) in [6.45, 7) is 0.778. The summed E-state index contributed by atoms with van der Waals surface area (Å²) in [5, 5.41) is 4.04.